The third kappa shape index (κ3) is 4.80. The number of halogens is 2. The Morgan fingerprint density at radius 2 is 1.95 bits per heavy atom. The summed E-state index contributed by atoms with van der Waals surface area (Å²) < 4.78 is 52.2. The summed E-state index contributed by atoms with van der Waals surface area (Å²) >= 11 is 0. The van der Waals surface area contributed by atoms with Crippen LogP contribution in [0.25, 0.3) is 11.1 Å². The Balaban J connectivity index is 1.16. The highest BCUT2D eigenvalue weighted by atomic mass is 19.1. The number of likely N-dealkylation sites (tertiary alicyclic amines) is 1. The molecule has 2 aromatic heterocycles. The SMILES string of the molecule is CC1(OC(=O)N2CC3COCC(C2)C3Oc2ncnc(Nc3ccc(-c4cnoc4)cc3F)c2F)CC1. The number of aromatic nitrogens is 3. The van der Waals surface area contributed by atoms with Crippen molar-refractivity contribution in [2.75, 3.05) is 31.6 Å². The Morgan fingerprint density at radius 3 is 2.62 bits per heavy atom. The van der Waals surface area contributed by atoms with E-state index in [1.54, 1.807) is 11.0 Å². The van der Waals surface area contributed by atoms with Gasteiger partial charge in [0.05, 0.1) is 25.1 Å². The van der Waals surface area contributed by atoms with Crippen molar-refractivity contribution in [1.82, 2.24) is 20.0 Å². The lowest BCUT2D eigenvalue weighted by Crippen LogP contribution is -2.59. The van der Waals surface area contributed by atoms with E-state index in [1.165, 1.54) is 24.6 Å². The van der Waals surface area contributed by atoms with Crippen molar-refractivity contribution in [2.45, 2.75) is 31.5 Å². The van der Waals surface area contributed by atoms with Crippen LogP contribution in [0.15, 0.2) is 41.5 Å². The maximum absolute atomic E-state index is 15.3. The molecule has 1 amide bonds. The van der Waals surface area contributed by atoms with Gasteiger partial charge in [0.25, 0.3) is 5.88 Å². The second-order valence-corrected chi connectivity index (χ2v) is 9.94. The van der Waals surface area contributed by atoms with Crippen LogP contribution in [0, 0.1) is 23.5 Å². The number of nitrogens with zero attached hydrogens (tertiary/aromatic N) is 4. The summed E-state index contributed by atoms with van der Waals surface area (Å²) in [5.74, 6) is -2.28. The van der Waals surface area contributed by atoms with Crippen LogP contribution in [0.3, 0.4) is 0 Å². The summed E-state index contributed by atoms with van der Waals surface area (Å²) in [6, 6.07) is 4.41. The minimum absolute atomic E-state index is 0.0326. The van der Waals surface area contributed by atoms with E-state index in [9.17, 15) is 9.18 Å². The number of rotatable bonds is 6. The van der Waals surface area contributed by atoms with E-state index in [2.05, 4.69) is 20.4 Å². The van der Waals surface area contributed by atoms with Crippen LogP contribution in [0.1, 0.15) is 19.8 Å². The number of anilines is 2. The molecular weight excluding hydrogens is 488 g/mol. The summed E-state index contributed by atoms with van der Waals surface area (Å²) in [6.07, 6.45) is 5.01. The number of piperidine rings is 1. The molecule has 12 heteroatoms. The van der Waals surface area contributed by atoms with Crippen LogP contribution in [-0.2, 0) is 9.47 Å². The molecule has 1 saturated carbocycles. The Bertz CT molecular complexity index is 1290. The first-order valence-corrected chi connectivity index (χ1v) is 12.1. The van der Waals surface area contributed by atoms with E-state index >= 15 is 4.39 Å². The van der Waals surface area contributed by atoms with Crippen LogP contribution >= 0.6 is 0 Å². The second kappa shape index (κ2) is 9.25. The van der Waals surface area contributed by atoms with Gasteiger partial charge in [0, 0.05) is 30.5 Å². The molecule has 1 aromatic carbocycles. The molecule has 0 radical (unpaired) electrons. The number of amides is 1. The zero-order chi connectivity index (χ0) is 25.6. The predicted octanol–water partition coefficient (Wildman–Crippen LogP) is 4.17. The number of benzene rings is 1. The number of ether oxygens (including phenoxy) is 3. The minimum atomic E-state index is -0.840. The van der Waals surface area contributed by atoms with E-state index in [1.807, 2.05) is 6.92 Å². The van der Waals surface area contributed by atoms with Crippen LogP contribution < -0.4 is 10.1 Å². The topological polar surface area (TPSA) is 112 Å². The number of fused-ring (bicyclic) bond motifs is 2. The molecule has 2 bridgehead atoms. The lowest BCUT2D eigenvalue weighted by molar-refractivity contribution is -0.112. The molecule has 37 heavy (non-hydrogen) atoms. The summed E-state index contributed by atoms with van der Waals surface area (Å²) in [5, 5.41) is 6.29. The Kier molecular flexibility index (Phi) is 5.90. The lowest BCUT2D eigenvalue weighted by Gasteiger charge is -2.46. The molecule has 2 atom stereocenters. The van der Waals surface area contributed by atoms with Gasteiger partial charge in [0.1, 0.15) is 30.1 Å². The van der Waals surface area contributed by atoms with E-state index in [-0.39, 0.29) is 40.9 Å². The molecule has 2 unspecified atom stereocenters. The lowest BCUT2D eigenvalue weighted by atomic mass is 9.84. The number of carbonyl (C=O) groups is 1. The van der Waals surface area contributed by atoms with Gasteiger partial charge >= 0.3 is 6.09 Å². The first kappa shape index (κ1) is 23.6. The molecule has 0 spiro atoms. The molecule has 2 saturated heterocycles. The van der Waals surface area contributed by atoms with Gasteiger partial charge in [-0.25, -0.2) is 14.2 Å². The summed E-state index contributed by atoms with van der Waals surface area (Å²) in [5.41, 5.74) is 0.849. The largest absolute Gasteiger partial charge is 0.471 e. The Labute approximate surface area is 210 Å². The van der Waals surface area contributed by atoms with E-state index < -0.39 is 17.7 Å². The van der Waals surface area contributed by atoms with Crippen molar-refractivity contribution < 1.29 is 32.3 Å². The van der Waals surface area contributed by atoms with Crippen molar-refractivity contribution >= 4 is 17.6 Å². The molecule has 1 N–H and O–H groups in total. The molecule has 3 aromatic rings. The third-order valence-corrected chi connectivity index (χ3v) is 7.04. The first-order valence-electron chi connectivity index (χ1n) is 12.1. The van der Waals surface area contributed by atoms with Crippen molar-refractivity contribution in [1.29, 1.82) is 0 Å². The highest BCUT2D eigenvalue weighted by Crippen LogP contribution is 2.40. The van der Waals surface area contributed by atoms with Gasteiger partial charge in [0.2, 0.25) is 5.82 Å². The van der Waals surface area contributed by atoms with Crippen LogP contribution in [0.4, 0.5) is 25.1 Å². The molecule has 3 fully saturated rings. The van der Waals surface area contributed by atoms with Crippen LogP contribution in [-0.4, -0.2) is 64.1 Å². The monoisotopic (exact) mass is 513 g/mol. The van der Waals surface area contributed by atoms with Gasteiger partial charge in [-0.2, -0.15) is 9.37 Å². The number of nitrogens with one attached hydrogen (secondary N) is 1. The highest BCUT2D eigenvalue weighted by Gasteiger charge is 2.47. The fourth-order valence-electron chi connectivity index (χ4n) is 4.72. The molecule has 3 aliphatic rings. The maximum Gasteiger partial charge on any atom is 0.410 e. The quantitative estimate of drug-likeness (QED) is 0.519. The minimum Gasteiger partial charge on any atom is -0.471 e. The molecule has 10 nitrogen and oxygen atoms in total. The third-order valence-electron chi connectivity index (χ3n) is 7.04. The van der Waals surface area contributed by atoms with E-state index in [4.69, 9.17) is 18.7 Å². The molecule has 1 aliphatic carbocycles. The average molecular weight is 514 g/mol. The van der Waals surface area contributed by atoms with E-state index in [0.29, 0.717) is 37.4 Å². The smallest absolute Gasteiger partial charge is 0.410 e. The standard InChI is InChI=1S/C25H25F2N5O5/c1-25(4-5-25)37-24(33)32-8-16-10-34-11-17(9-32)21(16)36-23-20(27)22(28-13-29-23)31-19-3-2-14(6-18(19)26)15-7-30-35-12-15/h2-3,6-7,12-13,16-17,21H,4-5,8-11H2,1H3,(H,28,29,31). The molecule has 2 aliphatic heterocycles. The number of hydrogen-bond acceptors (Lipinski definition) is 9. The molecule has 6 rings (SSSR count). The van der Waals surface area contributed by atoms with Gasteiger partial charge in [-0.15, -0.1) is 0 Å². The molecule has 194 valence electrons. The zero-order valence-electron chi connectivity index (χ0n) is 20.0. The number of carbonyl (C=O) groups excluding carboxylic acids is 1. The van der Waals surface area contributed by atoms with Gasteiger partial charge in [-0.3, -0.25) is 0 Å². The second-order valence-electron chi connectivity index (χ2n) is 9.94. The van der Waals surface area contributed by atoms with Gasteiger partial charge in [-0.05, 0) is 37.5 Å². The molecule has 4 heterocycles. The summed E-state index contributed by atoms with van der Waals surface area (Å²) in [7, 11) is 0. The fourth-order valence-corrected chi connectivity index (χ4v) is 4.72. The van der Waals surface area contributed by atoms with Crippen LogP contribution in [0.5, 0.6) is 5.88 Å². The number of hydrogen-bond donors (Lipinski definition) is 1. The maximum atomic E-state index is 15.3. The van der Waals surface area contributed by atoms with Crippen LogP contribution in [0.2, 0.25) is 0 Å². The van der Waals surface area contributed by atoms with Crippen molar-refractivity contribution in [3.63, 3.8) is 0 Å². The first-order chi connectivity index (χ1) is 17.9. The van der Waals surface area contributed by atoms with Crippen molar-refractivity contribution in [3.8, 4) is 17.0 Å². The van der Waals surface area contributed by atoms with Gasteiger partial charge in [0.15, 0.2) is 5.82 Å². The van der Waals surface area contributed by atoms with Gasteiger partial charge < -0.3 is 29.0 Å². The normalized spacial score (nSPS) is 23.9. The average Bonchev–Trinajstić information content (AvgIpc) is 3.35. The Morgan fingerprint density at radius 1 is 1.16 bits per heavy atom. The highest BCUT2D eigenvalue weighted by molar-refractivity contribution is 5.69. The van der Waals surface area contributed by atoms with E-state index in [0.717, 1.165) is 19.2 Å². The summed E-state index contributed by atoms with van der Waals surface area (Å²) in [6.45, 7) is 3.40. The van der Waals surface area contributed by atoms with Crippen molar-refractivity contribution in [2.24, 2.45) is 11.8 Å². The predicted molar refractivity (Wildman–Crippen MR) is 125 cm³/mol. The summed E-state index contributed by atoms with van der Waals surface area (Å²) in [4.78, 5) is 22.2. The van der Waals surface area contributed by atoms with Gasteiger partial charge in [-0.1, -0.05) is 11.2 Å². The zero-order valence-corrected chi connectivity index (χ0v) is 20.0. The van der Waals surface area contributed by atoms with Crippen molar-refractivity contribution in [3.05, 3.63) is 48.6 Å². The Hall–Kier alpha value is -3.80. The molecular formula is C25H25F2N5O5. The fraction of sp³-hybridized carbons (Fsp3) is 0.440.